The summed E-state index contributed by atoms with van der Waals surface area (Å²) >= 11 is 0. The quantitative estimate of drug-likeness (QED) is 0.433. The lowest BCUT2D eigenvalue weighted by atomic mass is 10.4. The molecule has 0 aromatic heterocycles. The Balaban J connectivity index is 3.01. The summed E-state index contributed by atoms with van der Waals surface area (Å²) in [5.74, 6) is 0. The third-order valence-electron chi connectivity index (χ3n) is 1.07. The van der Waals surface area contributed by atoms with Gasteiger partial charge in [-0.05, 0) is 26.0 Å². The fourth-order valence-corrected chi connectivity index (χ4v) is 0.690. The molecule has 0 saturated heterocycles. The average molecular weight is 119 g/mol. The molecule has 0 radical (unpaired) electrons. The molecule has 1 heteroatoms. The Bertz CT molecular complexity index is 225. The lowest BCUT2D eigenvalue weighted by Crippen LogP contribution is -1.81. The van der Waals surface area contributed by atoms with Crippen LogP contribution in [0.5, 0.6) is 0 Å². The smallest absolute Gasteiger partial charge is 0.0792 e. The summed E-state index contributed by atoms with van der Waals surface area (Å²) in [6.45, 7) is 3.91. The van der Waals surface area contributed by atoms with Crippen molar-refractivity contribution in [2.45, 2.75) is 13.8 Å². The Kier molecular flexibility index (Phi) is 1.66. The lowest BCUT2D eigenvalue weighted by Gasteiger charge is -1.86. The second-order valence-corrected chi connectivity index (χ2v) is 2.01. The van der Waals surface area contributed by atoms with E-state index in [9.17, 15) is 0 Å². The molecular weight excluding hydrogens is 110 g/mol. The normalized spacial score (nSPS) is 16.7. The molecule has 1 nitrogen and oxygen atoms in total. The zero-order chi connectivity index (χ0) is 6.69. The molecule has 0 N–H and O–H groups in total. The molecule has 9 heavy (non-hydrogen) atoms. The van der Waals surface area contributed by atoms with Crippen molar-refractivity contribution in [3.05, 3.63) is 29.7 Å². The van der Waals surface area contributed by atoms with E-state index in [1.54, 1.807) is 0 Å². The van der Waals surface area contributed by atoms with Crippen LogP contribution in [0.2, 0.25) is 0 Å². The molecule has 0 atom stereocenters. The van der Waals surface area contributed by atoms with Gasteiger partial charge in [-0.2, -0.15) is 0 Å². The van der Waals surface area contributed by atoms with E-state index in [4.69, 9.17) is 0 Å². The van der Waals surface area contributed by atoms with Gasteiger partial charge in [-0.15, -0.1) is 0 Å². The molecule has 1 aliphatic rings. The van der Waals surface area contributed by atoms with E-state index in [0.29, 0.717) is 0 Å². The Labute approximate surface area is 55.1 Å². The maximum absolute atomic E-state index is 4.18. The Morgan fingerprint density at radius 1 is 1.44 bits per heavy atom. The number of allylic oxidation sites excluding steroid dienone is 3. The minimum Gasteiger partial charge on any atom is -0.250 e. The second-order valence-electron chi connectivity index (χ2n) is 2.01. The van der Waals surface area contributed by atoms with E-state index in [1.807, 2.05) is 32.1 Å². The van der Waals surface area contributed by atoms with E-state index in [-0.39, 0.29) is 0 Å². The van der Waals surface area contributed by atoms with Gasteiger partial charge < -0.3 is 0 Å². The van der Waals surface area contributed by atoms with Crippen molar-refractivity contribution in [3.8, 4) is 0 Å². The monoisotopic (exact) mass is 119 g/mol. The molecule has 46 valence electrons. The summed E-state index contributed by atoms with van der Waals surface area (Å²) in [5.41, 5.74) is 4.97. The first kappa shape index (κ1) is 6.06. The lowest BCUT2D eigenvalue weighted by molar-refractivity contribution is 1.32. The van der Waals surface area contributed by atoms with Crippen LogP contribution in [0.3, 0.4) is 0 Å². The summed E-state index contributed by atoms with van der Waals surface area (Å²) in [7, 11) is 0. The van der Waals surface area contributed by atoms with Crippen molar-refractivity contribution >= 4 is 5.71 Å². The summed E-state index contributed by atoms with van der Waals surface area (Å²) in [5, 5.41) is 0. The maximum Gasteiger partial charge on any atom is 0.0792 e. The van der Waals surface area contributed by atoms with E-state index in [0.717, 1.165) is 11.4 Å². The highest BCUT2D eigenvalue weighted by molar-refractivity contribution is 5.93. The van der Waals surface area contributed by atoms with Crippen LogP contribution >= 0.6 is 0 Å². The van der Waals surface area contributed by atoms with Crippen LogP contribution in [0, 0.1) is 0 Å². The molecule has 0 saturated carbocycles. The molecule has 1 aliphatic heterocycles. The van der Waals surface area contributed by atoms with Crippen molar-refractivity contribution in [1.82, 2.24) is 0 Å². The van der Waals surface area contributed by atoms with Crippen LogP contribution in [0.1, 0.15) is 13.8 Å². The number of rotatable bonds is 0. The summed E-state index contributed by atoms with van der Waals surface area (Å²) in [6.07, 6.45) is 5.77. The van der Waals surface area contributed by atoms with Gasteiger partial charge in [0.25, 0.3) is 0 Å². The second kappa shape index (κ2) is 2.47. The van der Waals surface area contributed by atoms with Crippen molar-refractivity contribution < 1.29 is 0 Å². The standard InChI is InChI=1S/C8H9N/c1-7-5-3-4-6-8(2)9-7/h3-5H,1-2H3. The Morgan fingerprint density at radius 3 is 3.00 bits per heavy atom. The predicted octanol–water partition coefficient (Wildman–Crippen LogP) is 2.08. The first-order chi connectivity index (χ1) is 4.29. The first-order valence-electron chi connectivity index (χ1n) is 2.94. The highest BCUT2D eigenvalue weighted by Crippen LogP contribution is 1.97. The fraction of sp³-hybridized carbons (Fsp3) is 0.250. The van der Waals surface area contributed by atoms with Gasteiger partial charge in [0.15, 0.2) is 0 Å². The predicted molar refractivity (Wildman–Crippen MR) is 39.5 cm³/mol. The highest BCUT2D eigenvalue weighted by atomic mass is 14.7. The molecule has 1 rings (SSSR count). The molecule has 0 unspecified atom stereocenters. The van der Waals surface area contributed by atoms with Crippen molar-refractivity contribution in [2.24, 2.45) is 4.99 Å². The van der Waals surface area contributed by atoms with Gasteiger partial charge in [0.2, 0.25) is 0 Å². The largest absolute Gasteiger partial charge is 0.250 e. The molecule has 0 aromatic rings. The van der Waals surface area contributed by atoms with Crippen LogP contribution in [-0.2, 0) is 0 Å². The van der Waals surface area contributed by atoms with Crippen LogP contribution in [0.4, 0.5) is 0 Å². The molecular formula is C8H9N. The summed E-state index contributed by atoms with van der Waals surface area (Å²) < 4.78 is 0. The third-order valence-corrected chi connectivity index (χ3v) is 1.07. The van der Waals surface area contributed by atoms with Gasteiger partial charge in [-0.25, -0.2) is 0 Å². The topological polar surface area (TPSA) is 12.4 Å². The van der Waals surface area contributed by atoms with Gasteiger partial charge in [0.05, 0.1) is 5.70 Å². The minimum atomic E-state index is 0.942. The average Bonchev–Trinajstić information content (AvgIpc) is 1.93. The van der Waals surface area contributed by atoms with Crippen LogP contribution in [0.25, 0.3) is 0 Å². The van der Waals surface area contributed by atoms with Gasteiger partial charge in [0.1, 0.15) is 0 Å². The minimum absolute atomic E-state index is 0.942. The van der Waals surface area contributed by atoms with Crippen LogP contribution in [0.15, 0.2) is 34.6 Å². The Morgan fingerprint density at radius 2 is 2.22 bits per heavy atom. The molecule has 1 heterocycles. The van der Waals surface area contributed by atoms with Crippen LogP contribution in [-0.4, -0.2) is 5.71 Å². The Hall–Kier alpha value is -1.07. The zero-order valence-corrected chi connectivity index (χ0v) is 5.68. The number of hydrogen-bond acceptors (Lipinski definition) is 1. The van der Waals surface area contributed by atoms with Gasteiger partial charge in [-0.1, -0.05) is 11.8 Å². The van der Waals surface area contributed by atoms with Crippen LogP contribution < -0.4 is 0 Å². The van der Waals surface area contributed by atoms with E-state index >= 15 is 0 Å². The highest BCUT2D eigenvalue weighted by Gasteiger charge is 1.85. The number of nitrogens with zero attached hydrogens (tertiary/aromatic N) is 1. The van der Waals surface area contributed by atoms with E-state index < -0.39 is 0 Å². The summed E-state index contributed by atoms with van der Waals surface area (Å²) in [6, 6.07) is 0. The molecule has 0 aromatic carbocycles. The fourth-order valence-electron chi connectivity index (χ4n) is 0.690. The molecule has 0 aliphatic carbocycles. The van der Waals surface area contributed by atoms with Gasteiger partial charge in [0, 0.05) is 5.71 Å². The van der Waals surface area contributed by atoms with Gasteiger partial charge >= 0.3 is 0 Å². The zero-order valence-electron chi connectivity index (χ0n) is 5.68. The van der Waals surface area contributed by atoms with Crippen molar-refractivity contribution in [1.29, 1.82) is 0 Å². The van der Waals surface area contributed by atoms with Crippen molar-refractivity contribution in [2.75, 3.05) is 0 Å². The molecule has 0 fully saturated rings. The molecule has 0 amide bonds. The number of aliphatic imine (C=N–C) groups is 1. The van der Waals surface area contributed by atoms with Gasteiger partial charge in [-0.3, -0.25) is 4.99 Å². The van der Waals surface area contributed by atoms with E-state index in [2.05, 4.69) is 10.7 Å². The number of hydrogen-bond donors (Lipinski definition) is 0. The molecule has 0 bridgehead atoms. The summed E-state index contributed by atoms with van der Waals surface area (Å²) in [4.78, 5) is 4.18. The van der Waals surface area contributed by atoms with E-state index in [1.165, 1.54) is 0 Å². The SMILES string of the molecule is CC1=C=CC=CC(C)=N1. The van der Waals surface area contributed by atoms with Crippen molar-refractivity contribution in [3.63, 3.8) is 0 Å². The maximum atomic E-state index is 4.18. The third kappa shape index (κ3) is 1.71. The first-order valence-corrected chi connectivity index (χ1v) is 2.94. The molecule has 0 spiro atoms.